The van der Waals surface area contributed by atoms with E-state index in [0.717, 1.165) is 29.9 Å². The molecule has 76 valence electrons. The Kier molecular flexibility index (Phi) is 3.95. The van der Waals surface area contributed by atoms with Crippen LogP contribution in [0.1, 0.15) is 52.9 Å². The van der Waals surface area contributed by atoms with E-state index < -0.39 is 0 Å². The van der Waals surface area contributed by atoms with E-state index in [4.69, 9.17) is 5.41 Å². The van der Waals surface area contributed by atoms with Gasteiger partial charge in [-0.15, -0.1) is 0 Å². The first-order valence-electron chi connectivity index (χ1n) is 5.69. The van der Waals surface area contributed by atoms with E-state index in [1.54, 1.807) is 0 Å². The summed E-state index contributed by atoms with van der Waals surface area (Å²) in [4.78, 5) is 0. The van der Waals surface area contributed by atoms with Gasteiger partial charge in [-0.2, -0.15) is 0 Å². The molecular weight excluding hydrogens is 158 g/mol. The zero-order valence-electron chi connectivity index (χ0n) is 9.34. The lowest BCUT2D eigenvalue weighted by atomic mass is 9.73. The fraction of sp³-hybridized carbons (Fsp3) is 0.917. The van der Waals surface area contributed by atoms with Crippen molar-refractivity contribution in [2.24, 2.45) is 17.8 Å². The lowest BCUT2D eigenvalue weighted by molar-refractivity contribution is -0.118. The highest BCUT2D eigenvalue weighted by molar-refractivity contribution is 5.75. The molecule has 0 saturated heterocycles. The van der Waals surface area contributed by atoms with Gasteiger partial charge in [-0.1, -0.05) is 20.3 Å². The number of nitrogens with two attached hydrogens (primary N) is 1. The lowest BCUT2D eigenvalue weighted by Crippen LogP contribution is -2.39. The summed E-state index contributed by atoms with van der Waals surface area (Å²) in [6, 6.07) is 0. The molecule has 1 nitrogen and oxygen atoms in total. The predicted molar refractivity (Wildman–Crippen MR) is 57.5 cm³/mol. The Bertz CT molecular complexity index is 174. The highest BCUT2D eigenvalue weighted by atomic mass is 14.4. The van der Waals surface area contributed by atoms with Gasteiger partial charge in [0.25, 0.3) is 0 Å². The van der Waals surface area contributed by atoms with Gasteiger partial charge in [0.2, 0.25) is 0 Å². The molecule has 0 aromatic rings. The van der Waals surface area contributed by atoms with Crippen LogP contribution in [0.5, 0.6) is 0 Å². The second-order valence-electron chi connectivity index (χ2n) is 5.00. The van der Waals surface area contributed by atoms with Crippen molar-refractivity contribution >= 4 is 5.71 Å². The minimum Gasteiger partial charge on any atom is -0.262 e. The molecule has 0 radical (unpaired) electrons. The smallest absolute Gasteiger partial charge is 0.146 e. The van der Waals surface area contributed by atoms with Crippen LogP contribution in [0.25, 0.3) is 0 Å². The van der Waals surface area contributed by atoms with E-state index in [-0.39, 0.29) is 0 Å². The zero-order chi connectivity index (χ0) is 9.84. The molecule has 0 bridgehead atoms. The third-order valence-corrected chi connectivity index (χ3v) is 3.33. The highest BCUT2D eigenvalue weighted by Gasteiger charge is 2.26. The van der Waals surface area contributed by atoms with Gasteiger partial charge in [0.15, 0.2) is 0 Å². The van der Waals surface area contributed by atoms with Gasteiger partial charge in [0.05, 0.1) is 0 Å². The molecular formula is C12H24N+. The molecule has 3 atom stereocenters. The number of hydrogen-bond acceptors (Lipinski definition) is 0. The topological polar surface area (TPSA) is 25.6 Å². The summed E-state index contributed by atoms with van der Waals surface area (Å²) in [6.45, 7) is 6.76. The molecule has 1 rings (SSSR count). The third kappa shape index (κ3) is 3.50. The molecule has 0 heterocycles. The number of hydrogen-bond donors (Lipinski definition) is 1. The van der Waals surface area contributed by atoms with Crippen molar-refractivity contribution in [3.8, 4) is 0 Å². The van der Waals surface area contributed by atoms with E-state index >= 15 is 0 Å². The second kappa shape index (κ2) is 4.78. The summed E-state index contributed by atoms with van der Waals surface area (Å²) in [6.07, 6.45) is 6.75. The van der Waals surface area contributed by atoms with Crippen LogP contribution in [0.15, 0.2) is 0 Å². The molecule has 0 aliphatic heterocycles. The lowest BCUT2D eigenvalue weighted by Gasteiger charge is -2.32. The van der Waals surface area contributed by atoms with Crippen molar-refractivity contribution in [1.29, 1.82) is 0 Å². The van der Waals surface area contributed by atoms with Crippen molar-refractivity contribution < 1.29 is 5.41 Å². The average Bonchev–Trinajstić information content (AvgIpc) is 2.01. The molecule has 2 N–H and O–H groups in total. The van der Waals surface area contributed by atoms with Gasteiger partial charge in [-0.05, 0) is 37.0 Å². The Morgan fingerprint density at radius 2 is 1.85 bits per heavy atom. The Hall–Kier alpha value is -0.330. The standard InChI is InChI=1S/C12H23N/c1-4-11-5-9(2)6-12(8-11)7-10(3)13/h9,11-13H,4-8H2,1-3H3/p+1/t9-,11-,12?/m0/s1. The minimum atomic E-state index is 0.874. The molecule has 1 fully saturated rings. The van der Waals surface area contributed by atoms with Gasteiger partial charge in [0.1, 0.15) is 5.71 Å². The molecule has 13 heavy (non-hydrogen) atoms. The van der Waals surface area contributed by atoms with Crippen molar-refractivity contribution in [2.75, 3.05) is 0 Å². The van der Waals surface area contributed by atoms with E-state index in [1.165, 1.54) is 25.7 Å². The highest BCUT2D eigenvalue weighted by Crippen LogP contribution is 2.36. The van der Waals surface area contributed by atoms with Crippen LogP contribution in [-0.4, -0.2) is 5.71 Å². The Balaban J connectivity index is 2.42. The summed E-state index contributed by atoms with van der Waals surface area (Å²) in [5.74, 6) is 2.76. The average molecular weight is 182 g/mol. The summed E-state index contributed by atoms with van der Waals surface area (Å²) < 4.78 is 0. The maximum absolute atomic E-state index is 5.77. The first-order valence-corrected chi connectivity index (χ1v) is 5.69. The fourth-order valence-electron chi connectivity index (χ4n) is 2.85. The molecule has 1 aliphatic carbocycles. The van der Waals surface area contributed by atoms with Crippen molar-refractivity contribution in [3.05, 3.63) is 0 Å². The van der Waals surface area contributed by atoms with Crippen molar-refractivity contribution in [1.82, 2.24) is 0 Å². The summed E-state index contributed by atoms with van der Waals surface area (Å²) >= 11 is 0. The van der Waals surface area contributed by atoms with Gasteiger partial charge in [-0.3, -0.25) is 5.41 Å². The minimum absolute atomic E-state index is 0.874. The normalized spacial score (nSPS) is 34.5. The fourth-order valence-corrected chi connectivity index (χ4v) is 2.85. The van der Waals surface area contributed by atoms with Gasteiger partial charge in [-0.25, -0.2) is 0 Å². The van der Waals surface area contributed by atoms with Crippen LogP contribution in [0, 0.1) is 17.8 Å². The van der Waals surface area contributed by atoms with Crippen LogP contribution in [-0.2, 0) is 0 Å². The van der Waals surface area contributed by atoms with Crippen LogP contribution in [0.4, 0.5) is 0 Å². The third-order valence-electron chi connectivity index (χ3n) is 3.33. The summed E-state index contributed by atoms with van der Waals surface area (Å²) in [7, 11) is 0. The van der Waals surface area contributed by atoms with Gasteiger partial charge in [0, 0.05) is 13.3 Å². The number of rotatable bonds is 3. The molecule has 0 aromatic heterocycles. The first kappa shape index (κ1) is 10.7. The molecule has 0 spiro atoms. The predicted octanol–water partition coefficient (Wildman–Crippen LogP) is 2.06. The summed E-state index contributed by atoms with van der Waals surface area (Å²) in [5, 5.41) is 5.77. The van der Waals surface area contributed by atoms with Crippen LogP contribution >= 0.6 is 0 Å². The van der Waals surface area contributed by atoms with E-state index in [9.17, 15) is 0 Å². The molecule has 1 aliphatic rings. The molecule has 1 saturated carbocycles. The quantitative estimate of drug-likeness (QED) is 0.647. The van der Waals surface area contributed by atoms with Crippen molar-refractivity contribution in [3.63, 3.8) is 0 Å². The molecule has 0 aromatic carbocycles. The monoisotopic (exact) mass is 182 g/mol. The summed E-state index contributed by atoms with van der Waals surface area (Å²) in [5.41, 5.74) is 1.12. The van der Waals surface area contributed by atoms with E-state index in [0.29, 0.717) is 0 Å². The Labute approximate surface area is 82.4 Å². The molecule has 0 amide bonds. The maximum atomic E-state index is 5.77. The van der Waals surface area contributed by atoms with Crippen LogP contribution < -0.4 is 5.41 Å². The van der Waals surface area contributed by atoms with Crippen LogP contribution in [0.2, 0.25) is 0 Å². The molecule has 1 unspecified atom stereocenters. The first-order chi connectivity index (χ1) is 6.11. The Morgan fingerprint density at radius 1 is 1.23 bits per heavy atom. The largest absolute Gasteiger partial charge is 0.262 e. The SMILES string of the molecule is CC[C@@H]1CC(CC(C)=[NH2+])C[C@@H](C)C1. The zero-order valence-corrected chi connectivity index (χ0v) is 9.34. The van der Waals surface area contributed by atoms with Gasteiger partial charge >= 0.3 is 0 Å². The van der Waals surface area contributed by atoms with E-state index in [2.05, 4.69) is 20.8 Å². The van der Waals surface area contributed by atoms with Crippen molar-refractivity contribution in [2.45, 2.75) is 52.9 Å². The molecule has 1 heteroatoms. The second-order valence-corrected chi connectivity index (χ2v) is 5.00. The van der Waals surface area contributed by atoms with Crippen LogP contribution in [0.3, 0.4) is 0 Å². The van der Waals surface area contributed by atoms with Gasteiger partial charge < -0.3 is 0 Å². The Morgan fingerprint density at radius 3 is 2.38 bits per heavy atom. The van der Waals surface area contributed by atoms with E-state index in [1.807, 2.05) is 0 Å². The maximum Gasteiger partial charge on any atom is 0.146 e.